The maximum absolute atomic E-state index is 10.4. The third-order valence-corrected chi connectivity index (χ3v) is 5.55. The number of ether oxygens (including phenoxy) is 1. The van der Waals surface area contributed by atoms with E-state index in [0.29, 0.717) is 24.7 Å². The van der Waals surface area contributed by atoms with Crippen LogP contribution < -0.4 is 0 Å². The minimum Gasteiger partial charge on any atom is -0.389 e. The number of aliphatic hydroxyl groups is 1. The average molecular weight is 332 g/mol. The van der Waals surface area contributed by atoms with Crippen molar-refractivity contribution in [2.45, 2.75) is 65.2 Å². The van der Waals surface area contributed by atoms with Crippen molar-refractivity contribution in [3.8, 4) is 0 Å². The second-order valence-electron chi connectivity index (χ2n) is 8.78. The summed E-state index contributed by atoms with van der Waals surface area (Å²) in [6.45, 7) is 10.1. The summed E-state index contributed by atoms with van der Waals surface area (Å²) in [6.07, 6.45) is 4.52. The minimum absolute atomic E-state index is 0.306. The molecular formula is C21H33NO2. The van der Waals surface area contributed by atoms with Crippen LogP contribution in [0.4, 0.5) is 0 Å². The van der Waals surface area contributed by atoms with Crippen molar-refractivity contribution in [1.29, 1.82) is 0 Å². The van der Waals surface area contributed by atoms with Crippen LogP contribution in [-0.4, -0.2) is 41.9 Å². The fourth-order valence-corrected chi connectivity index (χ4v) is 4.69. The summed E-state index contributed by atoms with van der Waals surface area (Å²) in [5, 5.41) is 10.4. The monoisotopic (exact) mass is 331 g/mol. The van der Waals surface area contributed by atoms with Crippen molar-refractivity contribution < 1.29 is 9.84 Å². The first-order chi connectivity index (χ1) is 11.4. The molecule has 3 rings (SSSR count). The van der Waals surface area contributed by atoms with Gasteiger partial charge in [0.25, 0.3) is 0 Å². The Morgan fingerprint density at radius 1 is 1.25 bits per heavy atom. The Labute approximate surface area is 147 Å². The zero-order valence-corrected chi connectivity index (χ0v) is 15.5. The van der Waals surface area contributed by atoms with Crippen molar-refractivity contribution in [2.75, 3.05) is 19.7 Å². The Kier molecular flexibility index (Phi) is 5.63. The molecule has 1 aliphatic carbocycles. The van der Waals surface area contributed by atoms with Crippen LogP contribution in [0.5, 0.6) is 0 Å². The normalized spacial score (nSPS) is 28.3. The Morgan fingerprint density at radius 3 is 2.75 bits per heavy atom. The van der Waals surface area contributed by atoms with Crippen LogP contribution >= 0.6 is 0 Å². The van der Waals surface area contributed by atoms with Crippen molar-refractivity contribution in [1.82, 2.24) is 4.90 Å². The Morgan fingerprint density at radius 2 is 2.00 bits per heavy atom. The van der Waals surface area contributed by atoms with Gasteiger partial charge in [-0.2, -0.15) is 0 Å². The summed E-state index contributed by atoms with van der Waals surface area (Å²) >= 11 is 0. The van der Waals surface area contributed by atoms with Gasteiger partial charge in [0.05, 0.1) is 18.8 Å². The van der Waals surface area contributed by atoms with Crippen LogP contribution in [0.25, 0.3) is 0 Å². The van der Waals surface area contributed by atoms with E-state index in [2.05, 4.69) is 49.9 Å². The van der Waals surface area contributed by atoms with E-state index < -0.39 is 6.10 Å². The molecule has 1 fully saturated rings. The lowest BCUT2D eigenvalue weighted by Crippen LogP contribution is -2.40. The number of β-amino-alcohol motifs (C(OH)–C–C–N with tert-alkyl or cyclic N) is 1. The van der Waals surface area contributed by atoms with Gasteiger partial charge in [0.2, 0.25) is 0 Å². The van der Waals surface area contributed by atoms with Crippen molar-refractivity contribution in [3.05, 3.63) is 35.4 Å². The molecule has 0 spiro atoms. The molecule has 1 N–H and O–H groups in total. The summed E-state index contributed by atoms with van der Waals surface area (Å²) < 4.78 is 6.09. The highest BCUT2D eigenvalue weighted by Gasteiger charge is 2.32. The standard InChI is InChI=1S/C21H33NO2/c1-16-10-20(12-21(2,3)11-16)24-15-19(23)14-22-9-8-17-6-4-5-7-18(17)13-22/h4-7,16,19-20,23H,8-15H2,1-3H3/t16-,19+,20+/m1/s1. The molecule has 1 heterocycles. The largest absolute Gasteiger partial charge is 0.389 e. The number of hydrogen-bond acceptors (Lipinski definition) is 3. The van der Waals surface area contributed by atoms with Gasteiger partial charge in [0.15, 0.2) is 0 Å². The summed E-state index contributed by atoms with van der Waals surface area (Å²) in [5.74, 6) is 0.717. The van der Waals surface area contributed by atoms with E-state index in [1.54, 1.807) is 0 Å². The summed E-state index contributed by atoms with van der Waals surface area (Å²) in [6, 6.07) is 8.64. The van der Waals surface area contributed by atoms with Gasteiger partial charge in [-0.25, -0.2) is 0 Å². The highest BCUT2D eigenvalue weighted by atomic mass is 16.5. The SMILES string of the molecule is C[C@@H]1C[C@H](OC[C@@H](O)CN2CCc3ccccc3C2)CC(C)(C)C1. The highest BCUT2D eigenvalue weighted by Crippen LogP contribution is 2.39. The lowest BCUT2D eigenvalue weighted by Gasteiger charge is -2.39. The summed E-state index contributed by atoms with van der Waals surface area (Å²) in [4.78, 5) is 2.35. The molecular weight excluding hydrogens is 298 g/mol. The second-order valence-corrected chi connectivity index (χ2v) is 8.78. The molecule has 1 aromatic rings. The lowest BCUT2D eigenvalue weighted by atomic mass is 9.71. The Bertz CT molecular complexity index is 542. The first kappa shape index (κ1) is 17.9. The van der Waals surface area contributed by atoms with Crippen LogP contribution in [0.2, 0.25) is 0 Å². The van der Waals surface area contributed by atoms with Gasteiger partial charge >= 0.3 is 0 Å². The van der Waals surface area contributed by atoms with Crippen molar-refractivity contribution >= 4 is 0 Å². The van der Waals surface area contributed by atoms with Gasteiger partial charge in [-0.3, -0.25) is 4.90 Å². The highest BCUT2D eigenvalue weighted by molar-refractivity contribution is 5.29. The van der Waals surface area contributed by atoms with E-state index in [1.165, 1.54) is 17.5 Å². The number of hydrogen-bond donors (Lipinski definition) is 1. The van der Waals surface area contributed by atoms with Crippen LogP contribution in [-0.2, 0) is 17.7 Å². The van der Waals surface area contributed by atoms with Crippen LogP contribution in [0.15, 0.2) is 24.3 Å². The van der Waals surface area contributed by atoms with Crippen LogP contribution in [0.1, 0.15) is 51.2 Å². The molecule has 134 valence electrons. The van der Waals surface area contributed by atoms with Gasteiger partial charge in [-0.15, -0.1) is 0 Å². The first-order valence-electron chi connectivity index (χ1n) is 9.50. The molecule has 0 amide bonds. The quantitative estimate of drug-likeness (QED) is 0.894. The topological polar surface area (TPSA) is 32.7 Å². The van der Waals surface area contributed by atoms with Crippen molar-refractivity contribution in [3.63, 3.8) is 0 Å². The van der Waals surface area contributed by atoms with Crippen LogP contribution in [0.3, 0.4) is 0 Å². The molecule has 2 aliphatic rings. The Hall–Kier alpha value is -0.900. The molecule has 1 aromatic carbocycles. The molecule has 0 aromatic heterocycles. The molecule has 0 bridgehead atoms. The van der Waals surface area contributed by atoms with Crippen molar-refractivity contribution in [2.24, 2.45) is 11.3 Å². The number of fused-ring (bicyclic) bond motifs is 1. The Balaban J connectivity index is 1.44. The maximum atomic E-state index is 10.4. The van der Waals surface area contributed by atoms with Gasteiger partial charge in [0, 0.05) is 19.6 Å². The molecule has 3 atom stereocenters. The summed E-state index contributed by atoms with van der Waals surface area (Å²) in [7, 11) is 0. The van der Waals surface area contributed by atoms with E-state index >= 15 is 0 Å². The first-order valence-corrected chi connectivity index (χ1v) is 9.50. The fourth-order valence-electron chi connectivity index (χ4n) is 4.69. The van der Waals surface area contributed by atoms with Crippen LogP contribution in [0, 0.1) is 11.3 Å². The maximum Gasteiger partial charge on any atom is 0.0900 e. The second kappa shape index (κ2) is 7.55. The number of rotatable bonds is 5. The van der Waals surface area contributed by atoms with E-state index in [9.17, 15) is 5.11 Å². The number of aliphatic hydroxyl groups excluding tert-OH is 1. The molecule has 3 heteroatoms. The summed E-state index contributed by atoms with van der Waals surface area (Å²) in [5.41, 5.74) is 3.22. The third-order valence-electron chi connectivity index (χ3n) is 5.55. The molecule has 3 nitrogen and oxygen atoms in total. The van der Waals surface area contributed by atoms with Gasteiger partial charge < -0.3 is 9.84 Å². The zero-order valence-electron chi connectivity index (χ0n) is 15.5. The third kappa shape index (κ3) is 4.81. The zero-order chi connectivity index (χ0) is 17.2. The lowest BCUT2D eigenvalue weighted by molar-refractivity contribution is -0.0620. The van der Waals surface area contributed by atoms with E-state index in [-0.39, 0.29) is 0 Å². The van der Waals surface area contributed by atoms with Gasteiger partial charge in [-0.05, 0) is 48.1 Å². The minimum atomic E-state index is -0.393. The smallest absolute Gasteiger partial charge is 0.0900 e. The fraction of sp³-hybridized carbons (Fsp3) is 0.714. The molecule has 1 aliphatic heterocycles. The predicted octanol–water partition coefficient (Wildman–Crippen LogP) is 3.64. The molecule has 0 unspecified atom stereocenters. The molecule has 0 radical (unpaired) electrons. The number of nitrogens with zero attached hydrogens (tertiary/aromatic N) is 1. The molecule has 1 saturated carbocycles. The van der Waals surface area contributed by atoms with E-state index in [0.717, 1.165) is 38.3 Å². The van der Waals surface area contributed by atoms with Gasteiger partial charge in [0.1, 0.15) is 0 Å². The average Bonchev–Trinajstić information content (AvgIpc) is 2.51. The van der Waals surface area contributed by atoms with E-state index in [1.807, 2.05) is 0 Å². The molecule has 0 saturated heterocycles. The van der Waals surface area contributed by atoms with Gasteiger partial charge in [-0.1, -0.05) is 45.0 Å². The predicted molar refractivity (Wildman–Crippen MR) is 98.0 cm³/mol. The van der Waals surface area contributed by atoms with E-state index in [4.69, 9.17) is 4.74 Å². The number of benzene rings is 1. The molecule has 24 heavy (non-hydrogen) atoms.